The molecule has 0 bridgehead atoms. The van der Waals surface area contributed by atoms with Crippen LogP contribution >= 0.6 is 0 Å². The van der Waals surface area contributed by atoms with Crippen LogP contribution in [0.4, 0.5) is 0 Å². The molecule has 8 heteroatoms. The molecule has 0 aliphatic carbocycles. The molecule has 1 amide bonds. The van der Waals surface area contributed by atoms with Crippen LogP contribution in [0.2, 0.25) is 0 Å². The quantitative estimate of drug-likeness (QED) is 0.641. The number of carbonyl (C=O) groups excluding carboxylic acids is 2. The zero-order valence-electron chi connectivity index (χ0n) is 13.9. The van der Waals surface area contributed by atoms with Crippen LogP contribution in [0.15, 0.2) is 67.0 Å². The van der Waals surface area contributed by atoms with E-state index in [1.807, 2.05) is 60.7 Å². The molecule has 0 atom stereocenters. The highest BCUT2D eigenvalue weighted by Crippen LogP contribution is 2.21. The summed E-state index contributed by atoms with van der Waals surface area (Å²) < 4.78 is 6.20. The Morgan fingerprint density at radius 3 is 2.15 bits per heavy atom. The third kappa shape index (κ3) is 4.73. The molecule has 2 aromatic carbocycles. The number of hydrogen-bond acceptors (Lipinski definition) is 6. The highest BCUT2D eigenvalue weighted by atomic mass is 16.5. The molecule has 8 nitrogen and oxygen atoms in total. The van der Waals surface area contributed by atoms with E-state index in [2.05, 4.69) is 20.8 Å². The first-order valence-corrected chi connectivity index (χ1v) is 7.98. The van der Waals surface area contributed by atoms with Crippen molar-refractivity contribution in [3.63, 3.8) is 0 Å². The van der Waals surface area contributed by atoms with Gasteiger partial charge in [-0.15, -0.1) is 5.10 Å². The first kappa shape index (κ1) is 17.3. The second-order valence-electron chi connectivity index (χ2n) is 5.49. The molecule has 0 radical (unpaired) electrons. The van der Waals surface area contributed by atoms with E-state index in [0.29, 0.717) is 0 Å². The molecular formula is C18H17N5O3. The fourth-order valence-electron chi connectivity index (χ4n) is 2.43. The van der Waals surface area contributed by atoms with Crippen molar-refractivity contribution in [2.45, 2.75) is 12.6 Å². The highest BCUT2D eigenvalue weighted by Gasteiger charge is 2.17. The van der Waals surface area contributed by atoms with Gasteiger partial charge < -0.3 is 10.1 Å². The van der Waals surface area contributed by atoms with Gasteiger partial charge in [0.1, 0.15) is 12.9 Å². The molecule has 3 aromatic rings. The summed E-state index contributed by atoms with van der Waals surface area (Å²) in [4.78, 5) is 24.0. The van der Waals surface area contributed by atoms with Crippen LogP contribution in [0, 0.1) is 0 Å². The molecule has 3 rings (SSSR count). The van der Waals surface area contributed by atoms with Gasteiger partial charge in [-0.1, -0.05) is 60.7 Å². The molecule has 1 heterocycles. The molecule has 132 valence electrons. The SMILES string of the molecule is O=C(COC(=O)Cn1cnnn1)NC(c1ccccc1)c1ccccc1. The average Bonchev–Trinajstić information content (AvgIpc) is 3.19. The summed E-state index contributed by atoms with van der Waals surface area (Å²) in [5.74, 6) is -0.990. The van der Waals surface area contributed by atoms with E-state index in [4.69, 9.17) is 4.74 Å². The lowest BCUT2D eigenvalue weighted by Gasteiger charge is -2.19. The van der Waals surface area contributed by atoms with Gasteiger partial charge in [0, 0.05) is 0 Å². The number of benzene rings is 2. The first-order chi connectivity index (χ1) is 12.7. The largest absolute Gasteiger partial charge is 0.454 e. The lowest BCUT2D eigenvalue weighted by atomic mass is 9.99. The van der Waals surface area contributed by atoms with Crippen LogP contribution in [-0.2, 0) is 20.9 Å². The van der Waals surface area contributed by atoms with Crippen molar-refractivity contribution in [1.29, 1.82) is 0 Å². The molecule has 1 aromatic heterocycles. The summed E-state index contributed by atoms with van der Waals surface area (Å²) in [5.41, 5.74) is 1.87. The van der Waals surface area contributed by atoms with Gasteiger partial charge in [-0.2, -0.15) is 0 Å². The monoisotopic (exact) mass is 351 g/mol. The Morgan fingerprint density at radius 1 is 1.00 bits per heavy atom. The van der Waals surface area contributed by atoms with Crippen molar-refractivity contribution >= 4 is 11.9 Å². The number of nitrogens with zero attached hydrogens (tertiary/aromatic N) is 4. The predicted octanol–water partition coefficient (Wildman–Crippen LogP) is 1.12. The van der Waals surface area contributed by atoms with Crippen LogP contribution in [0.5, 0.6) is 0 Å². The van der Waals surface area contributed by atoms with Gasteiger partial charge in [0.15, 0.2) is 6.61 Å². The molecule has 0 unspecified atom stereocenters. The van der Waals surface area contributed by atoms with Gasteiger partial charge in [-0.05, 0) is 21.6 Å². The Morgan fingerprint density at radius 2 is 1.62 bits per heavy atom. The van der Waals surface area contributed by atoms with Crippen molar-refractivity contribution in [2.75, 3.05) is 6.61 Å². The average molecular weight is 351 g/mol. The normalized spacial score (nSPS) is 10.5. The molecule has 26 heavy (non-hydrogen) atoms. The Hall–Kier alpha value is -3.55. The van der Waals surface area contributed by atoms with Crippen LogP contribution < -0.4 is 5.32 Å². The summed E-state index contributed by atoms with van der Waals surface area (Å²) in [7, 11) is 0. The number of nitrogens with one attached hydrogen (secondary N) is 1. The lowest BCUT2D eigenvalue weighted by molar-refractivity contribution is -0.149. The maximum atomic E-state index is 12.3. The standard InChI is InChI=1S/C18H17N5O3/c24-16(12-26-17(25)11-23-13-19-21-22-23)20-18(14-7-3-1-4-8-14)15-9-5-2-6-10-15/h1-10,13,18H,11-12H2,(H,20,24). The van der Waals surface area contributed by atoms with Gasteiger partial charge in [0.2, 0.25) is 0 Å². The Balaban J connectivity index is 1.61. The summed E-state index contributed by atoms with van der Waals surface area (Å²) in [6, 6.07) is 18.8. The molecule has 0 saturated heterocycles. The molecular weight excluding hydrogens is 334 g/mol. The van der Waals surface area contributed by atoms with E-state index in [1.54, 1.807) is 0 Å². The lowest BCUT2D eigenvalue weighted by Crippen LogP contribution is -2.33. The third-order valence-corrected chi connectivity index (χ3v) is 3.62. The number of hydrogen-bond donors (Lipinski definition) is 1. The maximum Gasteiger partial charge on any atom is 0.328 e. The fraction of sp³-hybridized carbons (Fsp3) is 0.167. The summed E-state index contributed by atoms with van der Waals surface area (Å²) in [6.07, 6.45) is 1.29. The van der Waals surface area contributed by atoms with Crippen molar-refractivity contribution in [2.24, 2.45) is 0 Å². The Kier molecular flexibility index (Phi) is 5.66. The van der Waals surface area contributed by atoms with E-state index >= 15 is 0 Å². The zero-order valence-corrected chi connectivity index (χ0v) is 13.9. The summed E-state index contributed by atoms with van der Waals surface area (Å²) in [6.45, 7) is -0.530. The summed E-state index contributed by atoms with van der Waals surface area (Å²) in [5, 5.41) is 13.3. The van der Waals surface area contributed by atoms with Crippen molar-refractivity contribution in [3.05, 3.63) is 78.1 Å². The van der Waals surface area contributed by atoms with E-state index in [1.165, 1.54) is 11.0 Å². The number of esters is 1. The molecule has 0 aliphatic heterocycles. The summed E-state index contributed by atoms with van der Waals surface area (Å²) >= 11 is 0. The molecule has 0 saturated carbocycles. The third-order valence-electron chi connectivity index (χ3n) is 3.62. The number of rotatable bonds is 7. The maximum absolute atomic E-state index is 12.3. The smallest absolute Gasteiger partial charge is 0.328 e. The van der Waals surface area contributed by atoms with Gasteiger partial charge in [0.25, 0.3) is 5.91 Å². The van der Waals surface area contributed by atoms with Gasteiger partial charge in [0.05, 0.1) is 6.04 Å². The minimum absolute atomic E-state index is 0.152. The molecule has 0 aliphatic rings. The van der Waals surface area contributed by atoms with Gasteiger partial charge in [-0.25, -0.2) is 4.68 Å². The predicted molar refractivity (Wildman–Crippen MR) is 91.6 cm³/mol. The van der Waals surface area contributed by atoms with Gasteiger partial charge >= 0.3 is 5.97 Å². The minimum atomic E-state index is -0.594. The van der Waals surface area contributed by atoms with E-state index in [0.717, 1.165) is 11.1 Å². The van der Waals surface area contributed by atoms with Crippen molar-refractivity contribution < 1.29 is 14.3 Å². The van der Waals surface area contributed by atoms with E-state index in [-0.39, 0.29) is 19.2 Å². The zero-order chi connectivity index (χ0) is 18.2. The Bertz CT molecular complexity index is 798. The number of ether oxygens (including phenoxy) is 1. The van der Waals surface area contributed by atoms with Crippen molar-refractivity contribution in [1.82, 2.24) is 25.5 Å². The molecule has 0 spiro atoms. The molecule has 1 N–H and O–H groups in total. The van der Waals surface area contributed by atoms with Crippen molar-refractivity contribution in [3.8, 4) is 0 Å². The number of tetrazole rings is 1. The van der Waals surface area contributed by atoms with Crippen LogP contribution in [0.1, 0.15) is 17.2 Å². The van der Waals surface area contributed by atoms with E-state index in [9.17, 15) is 9.59 Å². The number of aromatic nitrogens is 4. The number of carbonyl (C=O) groups is 2. The molecule has 0 fully saturated rings. The van der Waals surface area contributed by atoms with Crippen LogP contribution in [0.25, 0.3) is 0 Å². The first-order valence-electron chi connectivity index (χ1n) is 7.98. The fourth-order valence-corrected chi connectivity index (χ4v) is 2.43. The highest BCUT2D eigenvalue weighted by molar-refractivity contribution is 5.81. The second-order valence-corrected chi connectivity index (χ2v) is 5.49. The minimum Gasteiger partial charge on any atom is -0.454 e. The van der Waals surface area contributed by atoms with Crippen LogP contribution in [0.3, 0.4) is 0 Å². The van der Waals surface area contributed by atoms with Gasteiger partial charge in [-0.3, -0.25) is 9.59 Å². The van der Waals surface area contributed by atoms with Crippen LogP contribution in [-0.4, -0.2) is 38.7 Å². The second kappa shape index (κ2) is 8.52. The Labute approximate surface area is 149 Å². The number of amides is 1. The topological polar surface area (TPSA) is 99.0 Å². The van der Waals surface area contributed by atoms with E-state index < -0.39 is 11.9 Å².